The summed E-state index contributed by atoms with van der Waals surface area (Å²) in [7, 11) is -2.19. The monoisotopic (exact) mass is 274 g/mol. The Labute approximate surface area is 105 Å². The first-order valence-corrected chi connectivity index (χ1v) is 7.01. The normalized spacial score (nSPS) is 23.7. The molecule has 1 aliphatic rings. The molecule has 3 N–H and O–H groups in total. The van der Waals surface area contributed by atoms with Crippen LogP contribution in [0, 0.1) is 5.82 Å². The molecule has 18 heavy (non-hydrogen) atoms. The van der Waals surface area contributed by atoms with Gasteiger partial charge in [-0.05, 0) is 25.0 Å². The van der Waals surface area contributed by atoms with Gasteiger partial charge in [-0.25, -0.2) is 17.5 Å². The highest BCUT2D eigenvalue weighted by molar-refractivity contribution is 7.89. The van der Waals surface area contributed by atoms with Crippen molar-refractivity contribution >= 4 is 15.7 Å². The Morgan fingerprint density at radius 2 is 2.11 bits per heavy atom. The second-order valence-electron chi connectivity index (χ2n) is 4.30. The van der Waals surface area contributed by atoms with E-state index in [1.165, 1.54) is 12.1 Å². The average molecular weight is 274 g/mol. The van der Waals surface area contributed by atoms with Gasteiger partial charge in [0.15, 0.2) is 0 Å². The zero-order valence-corrected chi connectivity index (χ0v) is 10.7. The number of nitrogens with one attached hydrogen (secondary N) is 1. The van der Waals surface area contributed by atoms with Gasteiger partial charge in [0.1, 0.15) is 10.7 Å². The van der Waals surface area contributed by atoms with Gasteiger partial charge in [-0.15, -0.1) is 0 Å². The van der Waals surface area contributed by atoms with Crippen LogP contribution in [-0.2, 0) is 14.8 Å². The first-order valence-electron chi connectivity index (χ1n) is 5.53. The predicted octanol–water partition coefficient (Wildman–Crippen LogP) is 0.864. The number of methoxy groups -OCH3 is 1. The lowest BCUT2D eigenvalue weighted by Crippen LogP contribution is -2.47. The molecule has 0 aromatic heterocycles. The highest BCUT2D eigenvalue weighted by Crippen LogP contribution is 2.26. The summed E-state index contributed by atoms with van der Waals surface area (Å²) in [6, 6.07) is 3.55. The summed E-state index contributed by atoms with van der Waals surface area (Å²) >= 11 is 0. The molecular weight excluding hydrogens is 259 g/mol. The lowest BCUT2D eigenvalue weighted by atomic mass is 9.90. The Hall–Kier alpha value is -1.18. The number of para-hydroxylation sites is 1. The van der Waals surface area contributed by atoms with Gasteiger partial charge < -0.3 is 10.5 Å². The number of hydrogen-bond donors (Lipinski definition) is 2. The molecule has 0 saturated heterocycles. The average Bonchev–Trinajstić information content (AvgIpc) is 2.26. The Bertz CT molecular complexity index is 541. The lowest BCUT2D eigenvalue weighted by molar-refractivity contribution is 0.0236. The molecular formula is C11H15FN2O3S. The molecule has 0 radical (unpaired) electrons. The zero-order valence-electron chi connectivity index (χ0n) is 9.89. The third kappa shape index (κ3) is 2.47. The molecule has 1 saturated carbocycles. The van der Waals surface area contributed by atoms with E-state index in [0.717, 1.165) is 6.07 Å². The van der Waals surface area contributed by atoms with Crippen molar-refractivity contribution in [2.45, 2.75) is 29.9 Å². The third-order valence-corrected chi connectivity index (χ3v) is 4.63. The van der Waals surface area contributed by atoms with E-state index in [1.54, 1.807) is 7.11 Å². The number of anilines is 1. The molecule has 2 rings (SSSR count). The summed E-state index contributed by atoms with van der Waals surface area (Å²) in [5.74, 6) is -0.735. The van der Waals surface area contributed by atoms with Crippen LogP contribution in [0.3, 0.4) is 0 Å². The predicted molar refractivity (Wildman–Crippen MR) is 65.0 cm³/mol. The van der Waals surface area contributed by atoms with Crippen LogP contribution in [-0.4, -0.2) is 27.7 Å². The van der Waals surface area contributed by atoms with Crippen molar-refractivity contribution in [2.24, 2.45) is 0 Å². The van der Waals surface area contributed by atoms with Crippen LogP contribution in [0.4, 0.5) is 10.1 Å². The van der Waals surface area contributed by atoms with Crippen molar-refractivity contribution in [3.8, 4) is 0 Å². The number of rotatable bonds is 4. The first kappa shape index (κ1) is 13.3. The number of nitrogens with two attached hydrogens (primary N) is 1. The maximum absolute atomic E-state index is 13.2. The fraction of sp³-hybridized carbons (Fsp3) is 0.455. The standard InChI is InChI=1S/C11H15FN2O3S/c1-17-8-5-7(6-8)14-18(15,16)10-4-2-3-9(12)11(10)13/h2-4,7-8,14H,5-6,13H2,1H3. The molecule has 1 aromatic carbocycles. The number of nitrogen functional groups attached to an aromatic ring is 1. The molecule has 0 unspecified atom stereocenters. The number of hydrogen-bond acceptors (Lipinski definition) is 4. The number of ether oxygens (including phenoxy) is 1. The Kier molecular flexibility index (Phi) is 3.56. The van der Waals surface area contributed by atoms with Gasteiger partial charge >= 0.3 is 0 Å². The van der Waals surface area contributed by atoms with Crippen LogP contribution in [0.5, 0.6) is 0 Å². The van der Waals surface area contributed by atoms with Crippen LogP contribution in [0.1, 0.15) is 12.8 Å². The SMILES string of the molecule is COC1CC(NS(=O)(=O)c2cccc(F)c2N)C1. The van der Waals surface area contributed by atoms with E-state index in [1.807, 2.05) is 0 Å². The van der Waals surface area contributed by atoms with Gasteiger partial charge in [0.25, 0.3) is 0 Å². The van der Waals surface area contributed by atoms with E-state index in [-0.39, 0.29) is 22.7 Å². The fourth-order valence-electron chi connectivity index (χ4n) is 1.89. The Balaban J connectivity index is 2.14. The molecule has 0 spiro atoms. The molecule has 0 heterocycles. The van der Waals surface area contributed by atoms with E-state index in [0.29, 0.717) is 12.8 Å². The molecule has 0 atom stereocenters. The molecule has 7 heteroatoms. The quantitative estimate of drug-likeness (QED) is 0.798. The molecule has 100 valence electrons. The summed E-state index contributed by atoms with van der Waals surface area (Å²) in [6.07, 6.45) is 1.32. The smallest absolute Gasteiger partial charge is 0.242 e. The second-order valence-corrected chi connectivity index (χ2v) is 5.98. The topological polar surface area (TPSA) is 81.4 Å². The molecule has 5 nitrogen and oxygen atoms in total. The van der Waals surface area contributed by atoms with E-state index in [2.05, 4.69) is 4.72 Å². The summed E-state index contributed by atoms with van der Waals surface area (Å²) in [5.41, 5.74) is 5.08. The maximum Gasteiger partial charge on any atom is 0.242 e. The summed E-state index contributed by atoms with van der Waals surface area (Å²) in [5, 5.41) is 0. The van der Waals surface area contributed by atoms with Crippen molar-refractivity contribution in [3.05, 3.63) is 24.0 Å². The largest absolute Gasteiger partial charge is 0.395 e. The van der Waals surface area contributed by atoms with Crippen LogP contribution in [0.25, 0.3) is 0 Å². The van der Waals surface area contributed by atoms with Gasteiger partial charge in [0.05, 0.1) is 11.8 Å². The van der Waals surface area contributed by atoms with Gasteiger partial charge in [-0.3, -0.25) is 0 Å². The summed E-state index contributed by atoms with van der Waals surface area (Å²) in [6.45, 7) is 0. The van der Waals surface area contributed by atoms with Crippen LogP contribution < -0.4 is 10.5 Å². The number of sulfonamides is 1. The number of benzene rings is 1. The summed E-state index contributed by atoms with van der Waals surface area (Å²) in [4.78, 5) is -0.219. The molecule has 1 aromatic rings. The summed E-state index contributed by atoms with van der Waals surface area (Å²) < 4.78 is 44.8. The van der Waals surface area contributed by atoms with Crippen molar-refractivity contribution in [3.63, 3.8) is 0 Å². The lowest BCUT2D eigenvalue weighted by Gasteiger charge is -2.34. The van der Waals surface area contributed by atoms with Crippen LogP contribution >= 0.6 is 0 Å². The minimum absolute atomic E-state index is 0.0857. The van der Waals surface area contributed by atoms with E-state index >= 15 is 0 Å². The molecule has 1 fully saturated rings. The van der Waals surface area contributed by atoms with E-state index < -0.39 is 15.8 Å². The molecule has 0 bridgehead atoms. The van der Waals surface area contributed by atoms with Gasteiger partial charge in [-0.2, -0.15) is 0 Å². The van der Waals surface area contributed by atoms with E-state index in [4.69, 9.17) is 10.5 Å². The maximum atomic E-state index is 13.2. The Morgan fingerprint density at radius 3 is 2.72 bits per heavy atom. The number of halogens is 1. The Morgan fingerprint density at radius 1 is 1.44 bits per heavy atom. The zero-order chi connectivity index (χ0) is 13.3. The van der Waals surface area contributed by atoms with Crippen LogP contribution in [0.2, 0.25) is 0 Å². The van der Waals surface area contributed by atoms with Gasteiger partial charge in [0.2, 0.25) is 10.0 Å². The van der Waals surface area contributed by atoms with E-state index in [9.17, 15) is 12.8 Å². The fourth-order valence-corrected chi connectivity index (χ4v) is 3.29. The van der Waals surface area contributed by atoms with Gasteiger partial charge in [-0.1, -0.05) is 6.07 Å². The second kappa shape index (κ2) is 4.83. The van der Waals surface area contributed by atoms with Gasteiger partial charge in [0, 0.05) is 13.2 Å². The molecule has 0 amide bonds. The van der Waals surface area contributed by atoms with Crippen molar-refractivity contribution in [1.82, 2.24) is 4.72 Å². The highest BCUT2D eigenvalue weighted by atomic mass is 32.2. The van der Waals surface area contributed by atoms with Crippen molar-refractivity contribution < 1.29 is 17.5 Å². The van der Waals surface area contributed by atoms with Crippen LogP contribution in [0.15, 0.2) is 23.1 Å². The van der Waals surface area contributed by atoms with Crippen molar-refractivity contribution in [1.29, 1.82) is 0 Å². The molecule has 0 aliphatic heterocycles. The molecule has 1 aliphatic carbocycles. The van der Waals surface area contributed by atoms with Crippen molar-refractivity contribution in [2.75, 3.05) is 12.8 Å². The third-order valence-electron chi connectivity index (χ3n) is 3.05. The minimum atomic E-state index is -3.78. The minimum Gasteiger partial charge on any atom is -0.395 e. The highest BCUT2D eigenvalue weighted by Gasteiger charge is 2.33. The first-order chi connectivity index (χ1) is 8.44.